The lowest BCUT2D eigenvalue weighted by molar-refractivity contribution is -0.123. The second-order valence-electron chi connectivity index (χ2n) is 6.31. The van der Waals surface area contributed by atoms with Crippen LogP contribution < -0.4 is 5.32 Å². The summed E-state index contributed by atoms with van der Waals surface area (Å²) in [6, 6.07) is 8.26. The SMILES string of the molecule is O=C1C=C(c2cn(C3CCC(O)CC3)c3ccccc23)C(=O)N1. The monoisotopic (exact) mass is 310 g/mol. The maximum absolute atomic E-state index is 12.0. The van der Waals surface area contributed by atoms with Crippen LogP contribution in [-0.4, -0.2) is 27.6 Å². The summed E-state index contributed by atoms with van der Waals surface area (Å²) in [6.07, 6.45) is 6.60. The molecule has 1 aliphatic heterocycles. The second kappa shape index (κ2) is 5.35. The van der Waals surface area contributed by atoms with Gasteiger partial charge in [-0.15, -0.1) is 0 Å². The van der Waals surface area contributed by atoms with Crippen molar-refractivity contribution in [3.05, 3.63) is 42.1 Å². The molecule has 5 heteroatoms. The van der Waals surface area contributed by atoms with Gasteiger partial charge in [0, 0.05) is 34.8 Å². The molecule has 2 aromatic rings. The number of aliphatic hydroxyl groups excluding tert-OH is 1. The molecule has 2 heterocycles. The number of nitrogens with zero attached hydrogens (tertiary/aromatic N) is 1. The summed E-state index contributed by atoms with van der Waals surface area (Å²) in [5, 5.41) is 13.0. The molecule has 0 atom stereocenters. The van der Waals surface area contributed by atoms with E-state index in [1.807, 2.05) is 30.5 Å². The van der Waals surface area contributed by atoms with Gasteiger partial charge in [-0.25, -0.2) is 0 Å². The van der Waals surface area contributed by atoms with Gasteiger partial charge in [-0.05, 0) is 31.7 Å². The molecule has 4 rings (SSSR count). The molecule has 1 aromatic heterocycles. The van der Waals surface area contributed by atoms with E-state index in [1.165, 1.54) is 6.08 Å². The van der Waals surface area contributed by atoms with Crippen molar-refractivity contribution in [2.24, 2.45) is 0 Å². The molecule has 5 nitrogen and oxygen atoms in total. The molecule has 2 N–H and O–H groups in total. The topological polar surface area (TPSA) is 71.3 Å². The van der Waals surface area contributed by atoms with Crippen LogP contribution in [0.4, 0.5) is 0 Å². The van der Waals surface area contributed by atoms with Crippen LogP contribution in [-0.2, 0) is 9.59 Å². The Labute approximate surface area is 133 Å². The number of amides is 2. The Balaban J connectivity index is 1.82. The minimum atomic E-state index is -0.359. The fourth-order valence-corrected chi connectivity index (χ4v) is 3.67. The zero-order valence-electron chi connectivity index (χ0n) is 12.7. The summed E-state index contributed by atoms with van der Waals surface area (Å²) < 4.78 is 2.20. The Morgan fingerprint density at radius 2 is 1.83 bits per heavy atom. The first-order valence-electron chi connectivity index (χ1n) is 7.98. The van der Waals surface area contributed by atoms with E-state index in [-0.39, 0.29) is 17.9 Å². The third kappa shape index (κ3) is 2.37. The van der Waals surface area contributed by atoms with Gasteiger partial charge in [-0.2, -0.15) is 0 Å². The standard InChI is InChI=1S/C18H18N2O3/c21-12-7-5-11(6-8-12)20-10-15(13-3-1-2-4-16(13)20)14-9-17(22)19-18(14)23/h1-4,9-12,21H,5-8H2,(H,19,22,23). The molecule has 23 heavy (non-hydrogen) atoms. The minimum absolute atomic E-state index is 0.200. The number of aliphatic hydroxyl groups is 1. The van der Waals surface area contributed by atoms with Crippen molar-refractivity contribution in [1.82, 2.24) is 9.88 Å². The summed E-state index contributed by atoms with van der Waals surface area (Å²) in [5.41, 5.74) is 2.30. The molecule has 0 radical (unpaired) electrons. The van der Waals surface area contributed by atoms with E-state index in [2.05, 4.69) is 9.88 Å². The molecule has 0 spiro atoms. The number of imide groups is 1. The van der Waals surface area contributed by atoms with E-state index in [9.17, 15) is 14.7 Å². The molecule has 2 aliphatic rings. The lowest BCUT2D eigenvalue weighted by Crippen LogP contribution is -2.21. The van der Waals surface area contributed by atoms with Crippen LogP contribution >= 0.6 is 0 Å². The van der Waals surface area contributed by atoms with Crippen LogP contribution in [0.3, 0.4) is 0 Å². The number of hydrogen-bond acceptors (Lipinski definition) is 3. The van der Waals surface area contributed by atoms with E-state index in [0.717, 1.165) is 42.1 Å². The summed E-state index contributed by atoms with van der Waals surface area (Å²) in [4.78, 5) is 23.5. The van der Waals surface area contributed by atoms with Gasteiger partial charge in [0.2, 0.25) is 0 Å². The Bertz CT molecular complexity index is 826. The first-order chi connectivity index (χ1) is 11.1. The predicted molar refractivity (Wildman–Crippen MR) is 86.6 cm³/mol. The maximum atomic E-state index is 12.0. The maximum Gasteiger partial charge on any atom is 0.258 e. The van der Waals surface area contributed by atoms with E-state index >= 15 is 0 Å². The van der Waals surface area contributed by atoms with Crippen molar-refractivity contribution >= 4 is 28.3 Å². The first-order valence-corrected chi connectivity index (χ1v) is 7.98. The summed E-state index contributed by atoms with van der Waals surface area (Å²) in [6.45, 7) is 0. The van der Waals surface area contributed by atoms with Crippen molar-refractivity contribution in [3.63, 3.8) is 0 Å². The van der Waals surface area contributed by atoms with Crippen LogP contribution in [0.5, 0.6) is 0 Å². The minimum Gasteiger partial charge on any atom is -0.393 e. The van der Waals surface area contributed by atoms with Crippen LogP contribution in [0.2, 0.25) is 0 Å². The smallest absolute Gasteiger partial charge is 0.258 e. The molecule has 1 aromatic carbocycles. The Hall–Kier alpha value is -2.40. The molecule has 1 fully saturated rings. The summed E-state index contributed by atoms with van der Waals surface area (Å²) in [5.74, 6) is -0.695. The number of benzene rings is 1. The fourth-order valence-electron chi connectivity index (χ4n) is 3.67. The lowest BCUT2D eigenvalue weighted by atomic mass is 9.93. The van der Waals surface area contributed by atoms with Crippen LogP contribution in [0.25, 0.3) is 16.5 Å². The average Bonchev–Trinajstić information content (AvgIpc) is 3.08. The number of nitrogens with one attached hydrogen (secondary N) is 1. The molecule has 0 saturated heterocycles. The van der Waals surface area contributed by atoms with Gasteiger partial charge in [0.25, 0.3) is 11.8 Å². The van der Waals surface area contributed by atoms with Gasteiger partial charge < -0.3 is 9.67 Å². The van der Waals surface area contributed by atoms with Crippen LogP contribution in [0, 0.1) is 0 Å². The molecule has 2 amide bonds. The first kappa shape index (κ1) is 14.2. The molecule has 0 bridgehead atoms. The number of aromatic nitrogens is 1. The molecule has 0 unspecified atom stereocenters. The Morgan fingerprint density at radius 3 is 2.52 bits per heavy atom. The van der Waals surface area contributed by atoms with Crippen LogP contribution in [0.1, 0.15) is 37.3 Å². The van der Waals surface area contributed by atoms with Gasteiger partial charge in [0.15, 0.2) is 0 Å². The van der Waals surface area contributed by atoms with Crippen molar-refractivity contribution in [1.29, 1.82) is 0 Å². The number of fused-ring (bicyclic) bond motifs is 1. The Kier molecular flexibility index (Phi) is 3.31. The molecular formula is C18H18N2O3. The molecular weight excluding hydrogens is 292 g/mol. The zero-order valence-corrected chi connectivity index (χ0v) is 12.7. The highest BCUT2D eigenvalue weighted by molar-refractivity contribution is 6.35. The highest BCUT2D eigenvalue weighted by Gasteiger charge is 2.27. The molecule has 1 saturated carbocycles. The zero-order chi connectivity index (χ0) is 16.0. The fraction of sp³-hybridized carbons (Fsp3) is 0.333. The van der Waals surface area contributed by atoms with E-state index < -0.39 is 0 Å². The number of para-hydroxylation sites is 1. The van der Waals surface area contributed by atoms with Crippen molar-refractivity contribution in [3.8, 4) is 0 Å². The number of rotatable bonds is 2. The quantitative estimate of drug-likeness (QED) is 0.835. The number of carbonyl (C=O) groups is 2. The second-order valence-corrected chi connectivity index (χ2v) is 6.31. The van der Waals surface area contributed by atoms with Crippen molar-refractivity contribution < 1.29 is 14.7 Å². The van der Waals surface area contributed by atoms with Crippen molar-refractivity contribution in [2.75, 3.05) is 0 Å². The normalized spacial score (nSPS) is 24.8. The third-order valence-electron chi connectivity index (χ3n) is 4.85. The van der Waals surface area contributed by atoms with Gasteiger partial charge in [0.05, 0.1) is 11.7 Å². The van der Waals surface area contributed by atoms with Gasteiger partial charge in [-0.1, -0.05) is 18.2 Å². The number of carbonyl (C=O) groups excluding carboxylic acids is 2. The third-order valence-corrected chi connectivity index (χ3v) is 4.85. The van der Waals surface area contributed by atoms with E-state index in [1.54, 1.807) is 0 Å². The predicted octanol–water partition coefficient (Wildman–Crippen LogP) is 2.16. The molecule has 1 aliphatic carbocycles. The van der Waals surface area contributed by atoms with Gasteiger partial charge in [0.1, 0.15) is 0 Å². The van der Waals surface area contributed by atoms with E-state index in [4.69, 9.17) is 0 Å². The lowest BCUT2D eigenvalue weighted by Gasteiger charge is -2.27. The summed E-state index contributed by atoms with van der Waals surface area (Å²) >= 11 is 0. The number of hydrogen-bond donors (Lipinski definition) is 2. The highest BCUT2D eigenvalue weighted by atomic mass is 16.3. The Morgan fingerprint density at radius 1 is 1.09 bits per heavy atom. The summed E-state index contributed by atoms with van der Waals surface area (Å²) in [7, 11) is 0. The molecule has 118 valence electrons. The van der Waals surface area contributed by atoms with Crippen molar-refractivity contribution in [2.45, 2.75) is 37.8 Å². The van der Waals surface area contributed by atoms with Crippen LogP contribution in [0.15, 0.2) is 36.5 Å². The van der Waals surface area contributed by atoms with Gasteiger partial charge >= 0.3 is 0 Å². The van der Waals surface area contributed by atoms with Gasteiger partial charge in [-0.3, -0.25) is 14.9 Å². The average molecular weight is 310 g/mol. The largest absolute Gasteiger partial charge is 0.393 e. The highest BCUT2D eigenvalue weighted by Crippen LogP contribution is 2.36. The van der Waals surface area contributed by atoms with E-state index in [0.29, 0.717) is 11.6 Å².